The number of nitrogens with one attached hydrogen (secondary N) is 1. The van der Waals surface area contributed by atoms with Crippen LogP contribution in [0.2, 0.25) is 5.02 Å². The molecule has 2 N–H and O–H groups in total. The van der Waals surface area contributed by atoms with Gasteiger partial charge in [0.15, 0.2) is 6.10 Å². The Balaban J connectivity index is 1.53. The fourth-order valence-corrected chi connectivity index (χ4v) is 6.44. The molecule has 216 valence electrons. The second-order valence-electron chi connectivity index (χ2n) is 11.4. The molecule has 3 aromatic carbocycles. The summed E-state index contributed by atoms with van der Waals surface area (Å²) >= 11 is 7.71. The number of carboxylic acid groups (broad SMARTS) is 1. The number of hydrogen-bond donors (Lipinski definition) is 2. The number of hydrogen-bond acceptors (Lipinski definition) is 6. The Bertz CT molecular complexity index is 2080. The lowest BCUT2D eigenvalue weighted by Gasteiger charge is -2.28. The summed E-state index contributed by atoms with van der Waals surface area (Å²) in [5.74, 6) is -1.06. The number of fused-ring (bicyclic) bond motifs is 2. The number of nitrogens with zero attached hydrogens (tertiary/aromatic N) is 2. The summed E-state index contributed by atoms with van der Waals surface area (Å²) in [5, 5.41) is 12.6. The van der Waals surface area contributed by atoms with Gasteiger partial charge in [-0.25, -0.2) is 9.78 Å². The van der Waals surface area contributed by atoms with Gasteiger partial charge in [0.05, 0.1) is 21.5 Å². The molecular weight excluding hydrogens is 582 g/mol. The van der Waals surface area contributed by atoms with Crippen molar-refractivity contribution in [2.75, 3.05) is 0 Å². The maximum Gasteiger partial charge on any atom is 0.337 e. The first kappa shape index (κ1) is 28.7. The summed E-state index contributed by atoms with van der Waals surface area (Å²) in [6.07, 6.45) is 0.552. The van der Waals surface area contributed by atoms with Crippen molar-refractivity contribution in [1.82, 2.24) is 15.0 Å². The second kappa shape index (κ2) is 11.0. The molecule has 1 atom stereocenters. The zero-order valence-corrected chi connectivity index (χ0v) is 25.5. The van der Waals surface area contributed by atoms with E-state index in [4.69, 9.17) is 21.3 Å². The molecule has 6 rings (SSSR count). The van der Waals surface area contributed by atoms with Gasteiger partial charge in [0.1, 0.15) is 5.01 Å². The number of benzene rings is 3. The van der Waals surface area contributed by atoms with Crippen LogP contribution >= 0.6 is 22.9 Å². The first-order valence-corrected chi connectivity index (χ1v) is 14.9. The third-order valence-electron chi connectivity index (χ3n) is 7.05. The average Bonchev–Trinajstić information content (AvgIpc) is 3.38. The number of aryl methyl sites for hydroxylation is 1. The van der Waals surface area contributed by atoms with Gasteiger partial charge in [-0.15, -0.1) is 11.3 Å². The number of aliphatic carboxylic acids is 1. The Morgan fingerprint density at radius 1 is 0.977 bits per heavy atom. The van der Waals surface area contributed by atoms with Crippen molar-refractivity contribution in [2.24, 2.45) is 0 Å². The van der Waals surface area contributed by atoms with Crippen LogP contribution in [0.15, 0.2) is 83.8 Å². The molecule has 0 bridgehead atoms. The van der Waals surface area contributed by atoms with E-state index in [1.54, 1.807) is 24.4 Å². The number of H-pyrrole nitrogens is 1. The van der Waals surface area contributed by atoms with Crippen molar-refractivity contribution in [2.45, 2.75) is 39.4 Å². The highest BCUT2D eigenvalue weighted by Gasteiger charge is 2.32. The first-order chi connectivity index (χ1) is 20.5. The lowest BCUT2D eigenvalue weighted by Crippen LogP contribution is -2.28. The highest BCUT2D eigenvalue weighted by molar-refractivity contribution is 7.22. The SMILES string of the molecule is Cc1cc2nc(-c3ccnc(-c4ccc5ccc(=O)[nH]c5c4)c3)sc2c(-c2ccc(Cl)cc2)c1C(OC(C)(C)C)C(=O)O. The number of rotatable bonds is 6. The summed E-state index contributed by atoms with van der Waals surface area (Å²) in [6, 6.07) is 22.3. The summed E-state index contributed by atoms with van der Waals surface area (Å²) in [5.41, 5.74) is 6.06. The molecule has 0 saturated carbocycles. The van der Waals surface area contributed by atoms with Gasteiger partial charge in [0.25, 0.3) is 0 Å². The summed E-state index contributed by atoms with van der Waals surface area (Å²) in [6.45, 7) is 7.43. The van der Waals surface area contributed by atoms with Gasteiger partial charge in [-0.1, -0.05) is 35.9 Å². The van der Waals surface area contributed by atoms with Crippen LogP contribution in [0.1, 0.15) is 38.0 Å². The largest absolute Gasteiger partial charge is 0.479 e. The molecule has 0 amide bonds. The van der Waals surface area contributed by atoms with Crippen LogP contribution in [-0.2, 0) is 9.53 Å². The number of ether oxygens (including phenoxy) is 1. The van der Waals surface area contributed by atoms with Gasteiger partial charge in [0, 0.05) is 45.1 Å². The van der Waals surface area contributed by atoms with E-state index in [-0.39, 0.29) is 5.56 Å². The van der Waals surface area contributed by atoms with E-state index < -0.39 is 17.7 Å². The van der Waals surface area contributed by atoms with Crippen molar-refractivity contribution >= 4 is 50.0 Å². The van der Waals surface area contributed by atoms with Crippen molar-refractivity contribution in [3.05, 3.63) is 105 Å². The lowest BCUT2D eigenvalue weighted by molar-refractivity contribution is -0.160. The summed E-state index contributed by atoms with van der Waals surface area (Å²) in [4.78, 5) is 36.9. The Kier molecular flexibility index (Phi) is 7.38. The standard InChI is InChI=1S/C34H28ClN3O4S/c1-18-15-26-31(29(20-7-10-23(35)11-8-20)28(18)30(33(40)41)42-34(2,3)4)43-32(38-26)22-13-14-36-24(17-22)21-6-5-19-9-12-27(39)37-25(19)16-21/h5-17,30H,1-4H3,(H,37,39)(H,40,41). The normalized spacial score (nSPS) is 12.6. The molecule has 0 radical (unpaired) electrons. The van der Waals surface area contributed by atoms with Gasteiger partial charge < -0.3 is 14.8 Å². The van der Waals surface area contributed by atoms with Crippen LogP contribution in [0.25, 0.3) is 54.1 Å². The van der Waals surface area contributed by atoms with Crippen LogP contribution in [0.3, 0.4) is 0 Å². The summed E-state index contributed by atoms with van der Waals surface area (Å²) < 4.78 is 6.97. The lowest BCUT2D eigenvalue weighted by atomic mass is 9.91. The third-order valence-corrected chi connectivity index (χ3v) is 8.44. The minimum atomic E-state index is -1.19. The van der Waals surface area contributed by atoms with E-state index >= 15 is 0 Å². The van der Waals surface area contributed by atoms with Crippen molar-refractivity contribution in [1.29, 1.82) is 0 Å². The Labute approximate surface area is 256 Å². The fraction of sp³-hybridized carbons (Fsp3) is 0.176. The highest BCUT2D eigenvalue weighted by atomic mass is 35.5. The van der Waals surface area contributed by atoms with Crippen LogP contribution in [0, 0.1) is 6.92 Å². The Morgan fingerprint density at radius 2 is 1.70 bits per heavy atom. The molecule has 0 saturated heterocycles. The van der Waals surface area contributed by atoms with E-state index in [1.807, 2.05) is 76.2 Å². The smallest absolute Gasteiger partial charge is 0.337 e. The van der Waals surface area contributed by atoms with Crippen LogP contribution in [-0.4, -0.2) is 31.6 Å². The topological polar surface area (TPSA) is 105 Å². The number of thiazole rings is 1. The zero-order valence-electron chi connectivity index (χ0n) is 23.9. The van der Waals surface area contributed by atoms with Crippen molar-refractivity contribution < 1.29 is 14.6 Å². The number of pyridine rings is 2. The van der Waals surface area contributed by atoms with Gasteiger partial charge in [-0.05, 0) is 86.7 Å². The van der Waals surface area contributed by atoms with Crippen LogP contribution in [0.4, 0.5) is 0 Å². The number of carboxylic acids is 1. The quantitative estimate of drug-likeness (QED) is 0.196. The van der Waals surface area contributed by atoms with E-state index in [2.05, 4.69) is 9.97 Å². The first-order valence-electron chi connectivity index (χ1n) is 13.7. The van der Waals surface area contributed by atoms with Gasteiger partial charge >= 0.3 is 5.97 Å². The highest BCUT2D eigenvalue weighted by Crippen LogP contribution is 2.44. The molecule has 0 aliphatic rings. The predicted octanol–water partition coefficient (Wildman–Crippen LogP) is 8.44. The zero-order chi connectivity index (χ0) is 30.5. The monoisotopic (exact) mass is 609 g/mol. The minimum Gasteiger partial charge on any atom is -0.479 e. The summed E-state index contributed by atoms with van der Waals surface area (Å²) in [7, 11) is 0. The molecule has 3 heterocycles. The Morgan fingerprint density at radius 3 is 2.42 bits per heavy atom. The molecule has 7 nitrogen and oxygen atoms in total. The van der Waals surface area contributed by atoms with Crippen molar-refractivity contribution in [3.8, 4) is 33.0 Å². The third kappa shape index (κ3) is 5.82. The molecule has 0 spiro atoms. The Hall–Kier alpha value is -4.37. The van der Waals surface area contributed by atoms with Gasteiger partial charge in [-0.2, -0.15) is 0 Å². The van der Waals surface area contributed by atoms with E-state index in [9.17, 15) is 14.7 Å². The van der Waals surface area contributed by atoms with Crippen LogP contribution in [0.5, 0.6) is 0 Å². The maximum absolute atomic E-state index is 12.6. The minimum absolute atomic E-state index is 0.162. The van der Waals surface area contributed by atoms with Gasteiger partial charge in [0.2, 0.25) is 5.56 Å². The number of aromatic amines is 1. The molecule has 0 fully saturated rings. The molecule has 0 aliphatic carbocycles. The fourth-order valence-electron chi connectivity index (χ4n) is 5.19. The van der Waals surface area contributed by atoms with Crippen LogP contribution < -0.4 is 5.56 Å². The molecule has 9 heteroatoms. The molecule has 0 aliphatic heterocycles. The van der Waals surface area contributed by atoms with E-state index in [0.717, 1.165) is 59.6 Å². The molecule has 1 unspecified atom stereocenters. The molecular formula is C34H28ClN3O4S. The molecule has 3 aromatic heterocycles. The second-order valence-corrected chi connectivity index (χ2v) is 12.8. The maximum atomic E-state index is 12.6. The molecule has 6 aromatic rings. The average molecular weight is 610 g/mol. The molecule has 43 heavy (non-hydrogen) atoms. The van der Waals surface area contributed by atoms with Gasteiger partial charge in [-0.3, -0.25) is 9.78 Å². The number of carbonyl (C=O) groups is 1. The predicted molar refractivity (Wildman–Crippen MR) is 173 cm³/mol. The van der Waals surface area contributed by atoms with E-state index in [0.29, 0.717) is 10.6 Å². The van der Waals surface area contributed by atoms with E-state index in [1.165, 1.54) is 17.4 Å². The number of aromatic nitrogens is 3. The number of halogens is 1. The van der Waals surface area contributed by atoms with Crippen molar-refractivity contribution in [3.63, 3.8) is 0 Å².